The molecule has 0 aliphatic heterocycles. The second kappa shape index (κ2) is 5.54. The number of amides is 1. The van der Waals surface area contributed by atoms with Gasteiger partial charge in [-0.15, -0.1) is 0 Å². The molecule has 6 heteroatoms. The van der Waals surface area contributed by atoms with Gasteiger partial charge in [0.05, 0.1) is 11.7 Å². The Bertz CT molecular complexity index is 788. The second-order valence-electron chi connectivity index (χ2n) is 4.37. The van der Waals surface area contributed by atoms with Crippen LogP contribution in [0.1, 0.15) is 10.5 Å². The van der Waals surface area contributed by atoms with Gasteiger partial charge >= 0.3 is 0 Å². The highest BCUT2D eigenvalue weighted by atomic mass is 16.1. The molecule has 3 rings (SSSR count). The lowest BCUT2D eigenvalue weighted by atomic mass is 10.1. The zero-order chi connectivity index (χ0) is 14.7. The molecule has 0 atom stereocenters. The van der Waals surface area contributed by atoms with Gasteiger partial charge in [-0.05, 0) is 12.1 Å². The van der Waals surface area contributed by atoms with E-state index in [1.807, 2.05) is 31.3 Å². The summed E-state index contributed by atoms with van der Waals surface area (Å²) in [6.07, 6.45) is 4.55. The van der Waals surface area contributed by atoms with Crippen LogP contribution in [-0.2, 0) is 0 Å². The minimum absolute atomic E-state index is 0.322. The Labute approximate surface area is 121 Å². The predicted molar refractivity (Wildman–Crippen MR) is 81.3 cm³/mol. The van der Waals surface area contributed by atoms with E-state index in [0.717, 1.165) is 16.6 Å². The highest BCUT2D eigenvalue weighted by Crippen LogP contribution is 2.22. The summed E-state index contributed by atoms with van der Waals surface area (Å²) < 4.78 is 0. The van der Waals surface area contributed by atoms with Crippen molar-refractivity contribution in [2.24, 2.45) is 0 Å². The average Bonchev–Trinajstić information content (AvgIpc) is 2.54. The van der Waals surface area contributed by atoms with Gasteiger partial charge in [0.1, 0.15) is 5.69 Å². The highest BCUT2D eigenvalue weighted by Gasteiger charge is 2.12. The predicted octanol–water partition coefficient (Wildman–Crippen LogP) is 2.32. The maximum atomic E-state index is 12.3. The summed E-state index contributed by atoms with van der Waals surface area (Å²) in [4.78, 5) is 24.6. The van der Waals surface area contributed by atoms with Gasteiger partial charge < -0.3 is 10.6 Å². The maximum Gasteiger partial charge on any atom is 0.275 e. The zero-order valence-corrected chi connectivity index (χ0v) is 11.4. The average molecular weight is 279 g/mol. The first kappa shape index (κ1) is 13.0. The van der Waals surface area contributed by atoms with Gasteiger partial charge in [-0.2, -0.15) is 0 Å². The number of benzene rings is 1. The summed E-state index contributed by atoms with van der Waals surface area (Å²) in [7, 11) is 1.81. The van der Waals surface area contributed by atoms with Gasteiger partial charge in [-0.3, -0.25) is 9.78 Å². The third-order valence-electron chi connectivity index (χ3n) is 3.02. The largest absolute Gasteiger partial charge is 0.388 e. The first-order valence-corrected chi connectivity index (χ1v) is 6.43. The number of hydrogen-bond donors (Lipinski definition) is 2. The minimum atomic E-state index is -0.322. The Kier molecular flexibility index (Phi) is 3.42. The molecule has 0 aliphatic carbocycles. The standard InChI is InChI=1S/C15H13N5O/c1-16-12-8-13(19-11-5-3-2-4-10(11)12)15(21)20-14-9-17-6-7-18-14/h2-9H,1H3,(H,16,19)(H,18,20,21). The number of para-hydroxylation sites is 1. The smallest absolute Gasteiger partial charge is 0.275 e. The molecule has 0 aliphatic rings. The van der Waals surface area contributed by atoms with Crippen LogP contribution in [-0.4, -0.2) is 27.9 Å². The summed E-state index contributed by atoms with van der Waals surface area (Å²) in [5, 5.41) is 6.72. The first-order valence-electron chi connectivity index (χ1n) is 6.43. The lowest BCUT2D eigenvalue weighted by Gasteiger charge is -2.09. The van der Waals surface area contributed by atoms with E-state index in [9.17, 15) is 4.79 Å². The number of hydrogen-bond acceptors (Lipinski definition) is 5. The molecule has 0 saturated heterocycles. The molecule has 6 nitrogen and oxygen atoms in total. The second-order valence-corrected chi connectivity index (χ2v) is 4.37. The van der Waals surface area contributed by atoms with Crippen LogP contribution in [0.2, 0.25) is 0 Å². The third-order valence-corrected chi connectivity index (χ3v) is 3.02. The molecule has 0 unspecified atom stereocenters. The fraction of sp³-hybridized carbons (Fsp3) is 0.0667. The molecular formula is C15H13N5O. The number of carbonyl (C=O) groups is 1. The molecular weight excluding hydrogens is 266 g/mol. The first-order chi connectivity index (χ1) is 10.3. The lowest BCUT2D eigenvalue weighted by Crippen LogP contribution is -2.15. The minimum Gasteiger partial charge on any atom is -0.388 e. The molecule has 2 aromatic heterocycles. The number of aromatic nitrogens is 3. The van der Waals surface area contributed by atoms with E-state index in [-0.39, 0.29) is 5.91 Å². The third kappa shape index (κ3) is 2.64. The molecule has 1 amide bonds. The molecule has 1 aromatic carbocycles. The summed E-state index contributed by atoms with van der Waals surface area (Å²) in [5.41, 5.74) is 1.93. The van der Waals surface area contributed by atoms with Crippen LogP contribution in [0, 0.1) is 0 Å². The molecule has 2 heterocycles. The molecule has 0 bridgehead atoms. The van der Waals surface area contributed by atoms with Gasteiger partial charge in [0.25, 0.3) is 5.91 Å². The molecule has 0 spiro atoms. The Balaban J connectivity index is 1.98. The van der Waals surface area contributed by atoms with Crippen molar-refractivity contribution in [1.82, 2.24) is 15.0 Å². The fourth-order valence-corrected chi connectivity index (χ4v) is 2.04. The van der Waals surface area contributed by atoms with E-state index in [1.54, 1.807) is 12.3 Å². The Hall–Kier alpha value is -3.02. The van der Waals surface area contributed by atoms with Crippen molar-refractivity contribution in [2.45, 2.75) is 0 Å². The lowest BCUT2D eigenvalue weighted by molar-refractivity contribution is 0.102. The van der Waals surface area contributed by atoms with Crippen molar-refractivity contribution in [3.8, 4) is 0 Å². The van der Waals surface area contributed by atoms with Crippen LogP contribution in [0.15, 0.2) is 48.9 Å². The van der Waals surface area contributed by atoms with Crippen molar-refractivity contribution in [3.05, 3.63) is 54.6 Å². The number of anilines is 2. The van der Waals surface area contributed by atoms with Gasteiger partial charge in [-0.1, -0.05) is 18.2 Å². The summed E-state index contributed by atoms with van der Waals surface area (Å²) in [6, 6.07) is 9.37. The molecule has 0 fully saturated rings. The molecule has 0 radical (unpaired) electrons. The quantitative estimate of drug-likeness (QED) is 0.769. The van der Waals surface area contributed by atoms with E-state index in [1.165, 1.54) is 12.4 Å². The van der Waals surface area contributed by atoms with Gasteiger partial charge in [0.15, 0.2) is 5.82 Å². The Morgan fingerprint density at radius 1 is 1.19 bits per heavy atom. The summed E-state index contributed by atoms with van der Waals surface area (Å²) in [5.74, 6) is 0.0706. The van der Waals surface area contributed by atoms with Crippen LogP contribution in [0.3, 0.4) is 0 Å². The van der Waals surface area contributed by atoms with Crippen LogP contribution in [0.4, 0.5) is 11.5 Å². The maximum absolute atomic E-state index is 12.3. The van der Waals surface area contributed by atoms with Gasteiger partial charge in [0, 0.05) is 30.5 Å². The topological polar surface area (TPSA) is 79.8 Å². The van der Waals surface area contributed by atoms with Crippen LogP contribution in [0.25, 0.3) is 10.9 Å². The molecule has 0 saturated carbocycles. The molecule has 21 heavy (non-hydrogen) atoms. The number of carbonyl (C=O) groups excluding carboxylic acids is 1. The number of rotatable bonds is 3. The van der Waals surface area contributed by atoms with E-state index in [2.05, 4.69) is 25.6 Å². The zero-order valence-electron chi connectivity index (χ0n) is 11.4. The van der Waals surface area contributed by atoms with Crippen molar-refractivity contribution < 1.29 is 4.79 Å². The van der Waals surface area contributed by atoms with Crippen LogP contribution < -0.4 is 10.6 Å². The van der Waals surface area contributed by atoms with Crippen molar-refractivity contribution in [2.75, 3.05) is 17.7 Å². The van der Waals surface area contributed by atoms with E-state index in [4.69, 9.17) is 0 Å². The van der Waals surface area contributed by atoms with Crippen molar-refractivity contribution in [1.29, 1.82) is 0 Å². The van der Waals surface area contributed by atoms with Gasteiger partial charge in [0.2, 0.25) is 0 Å². The molecule has 3 aromatic rings. The van der Waals surface area contributed by atoms with E-state index < -0.39 is 0 Å². The van der Waals surface area contributed by atoms with E-state index in [0.29, 0.717) is 11.5 Å². The van der Waals surface area contributed by atoms with Crippen LogP contribution >= 0.6 is 0 Å². The monoisotopic (exact) mass is 279 g/mol. The number of fused-ring (bicyclic) bond motifs is 1. The van der Waals surface area contributed by atoms with Crippen molar-refractivity contribution >= 4 is 28.3 Å². The number of nitrogens with one attached hydrogen (secondary N) is 2. The molecule has 2 N–H and O–H groups in total. The van der Waals surface area contributed by atoms with E-state index >= 15 is 0 Å². The summed E-state index contributed by atoms with van der Waals surface area (Å²) >= 11 is 0. The number of nitrogens with zero attached hydrogens (tertiary/aromatic N) is 3. The van der Waals surface area contributed by atoms with Gasteiger partial charge in [-0.25, -0.2) is 9.97 Å². The Morgan fingerprint density at radius 2 is 2.05 bits per heavy atom. The SMILES string of the molecule is CNc1cc(C(=O)Nc2cnccn2)nc2ccccc12. The number of pyridine rings is 1. The highest BCUT2D eigenvalue weighted by molar-refractivity contribution is 6.05. The molecule has 104 valence electrons. The van der Waals surface area contributed by atoms with Crippen LogP contribution in [0.5, 0.6) is 0 Å². The van der Waals surface area contributed by atoms with Crippen molar-refractivity contribution in [3.63, 3.8) is 0 Å². The fourth-order valence-electron chi connectivity index (χ4n) is 2.04. The Morgan fingerprint density at radius 3 is 2.81 bits per heavy atom. The summed E-state index contributed by atoms with van der Waals surface area (Å²) in [6.45, 7) is 0. The normalized spacial score (nSPS) is 10.3.